The largest absolute Gasteiger partial charge is 0.378 e. The smallest absolute Gasteiger partial charge is 0.161 e. The molecular formula is C15H17BrClN3O. The predicted molar refractivity (Wildman–Crippen MR) is 89.7 cm³/mol. The Labute approximate surface area is 138 Å². The highest BCUT2D eigenvalue weighted by Crippen LogP contribution is 2.28. The number of nitrogens with one attached hydrogen (secondary N) is 1. The van der Waals surface area contributed by atoms with Gasteiger partial charge in [0.2, 0.25) is 0 Å². The minimum Gasteiger partial charge on any atom is -0.378 e. The van der Waals surface area contributed by atoms with Crippen molar-refractivity contribution in [1.29, 1.82) is 0 Å². The summed E-state index contributed by atoms with van der Waals surface area (Å²) in [7, 11) is 1.65. The quantitative estimate of drug-likeness (QED) is 0.811. The molecule has 112 valence electrons. The zero-order valence-corrected chi connectivity index (χ0v) is 14.3. The molecule has 0 saturated carbocycles. The van der Waals surface area contributed by atoms with Crippen molar-refractivity contribution in [3.63, 3.8) is 0 Å². The van der Waals surface area contributed by atoms with E-state index in [2.05, 4.69) is 38.1 Å². The van der Waals surface area contributed by atoms with Gasteiger partial charge in [0.1, 0.15) is 5.82 Å². The van der Waals surface area contributed by atoms with Gasteiger partial charge in [0.15, 0.2) is 5.82 Å². The molecule has 0 bridgehead atoms. The summed E-state index contributed by atoms with van der Waals surface area (Å²) in [4.78, 5) is 9.08. The molecule has 21 heavy (non-hydrogen) atoms. The number of halogens is 2. The fourth-order valence-corrected chi connectivity index (χ4v) is 2.32. The first-order valence-corrected chi connectivity index (χ1v) is 7.87. The van der Waals surface area contributed by atoms with Gasteiger partial charge in [-0.05, 0) is 40.5 Å². The van der Waals surface area contributed by atoms with Gasteiger partial charge in [-0.3, -0.25) is 0 Å². The van der Waals surface area contributed by atoms with Crippen LogP contribution in [0.2, 0.25) is 5.02 Å². The molecule has 1 aromatic heterocycles. The van der Waals surface area contributed by atoms with Crippen LogP contribution in [0.4, 0.5) is 5.82 Å². The maximum Gasteiger partial charge on any atom is 0.161 e. The van der Waals surface area contributed by atoms with Crippen LogP contribution in [-0.4, -0.2) is 23.6 Å². The summed E-state index contributed by atoms with van der Waals surface area (Å²) in [5.74, 6) is 1.46. The van der Waals surface area contributed by atoms with E-state index in [4.69, 9.17) is 16.3 Å². The Hall–Kier alpha value is -1.17. The van der Waals surface area contributed by atoms with Crippen molar-refractivity contribution in [2.75, 3.05) is 19.0 Å². The Balaban J connectivity index is 2.40. The molecule has 4 nitrogen and oxygen atoms in total. The highest BCUT2D eigenvalue weighted by Gasteiger charge is 2.08. The molecule has 2 rings (SSSR count). The molecule has 1 heterocycles. The van der Waals surface area contributed by atoms with E-state index >= 15 is 0 Å². The van der Waals surface area contributed by atoms with Crippen molar-refractivity contribution in [2.24, 2.45) is 0 Å². The van der Waals surface area contributed by atoms with Crippen molar-refractivity contribution < 1.29 is 4.74 Å². The lowest BCUT2D eigenvalue weighted by Gasteiger charge is -2.10. The van der Waals surface area contributed by atoms with E-state index in [-0.39, 0.29) is 0 Å². The Morgan fingerprint density at radius 1 is 1.29 bits per heavy atom. The minimum absolute atomic E-state index is 0.449. The molecule has 1 N–H and O–H groups in total. The molecule has 0 aliphatic rings. The lowest BCUT2D eigenvalue weighted by atomic mass is 10.2. The first kappa shape index (κ1) is 16.2. The van der Waals surface area contributed by atoms with Crippen molar-refractivity contribution in [3.8, 4) is 11.4 Å². The first-order chi connectivity index (χ1) is 10.1. The van der Waals surface area contributed by atoms with Crippen LogP contribution in [0.5, 0.6) is 0 Å². The third-order valence-corrected chi connectivity index (χ3v) is 4.02. The highest BCUT2D eigenvalue weighted by atomic mass is 79.9. The van der Waals surface area contributed by atoms with E-state index in [1.54, 1.807) is 7.11 Å². The number of anilines is 1. The van der Waals surface area contributed by atoms with E-state index in [0.717, 1.165) is 34.5 Å². The van der Waals surface area contributed by atoms with E-state index in [9.17, 15) is 0 Å². The number of nitrogens with zero attached hydrogens (tertiary/aromatic N) is 2. The second-order valence-electron chi connectivity index (χ2n) is 4.56. The molecule has 6 heteroatoms. The van der Waals surface area contributed by atoms with Gasteiger partial charge in [-0.2, -0.15) is 0 Å². The monoisotopic (exact) mass is 369 g/mol. The van der Waals surface area contributed by atoms with E-state index < -0.39 is 0 Å². The van der Waals surface area contributed by atoms with E-state index in [1.807, 2.05) is 24.3 Å². The average Bonchev–Trinajstić information content (AvgIpc) is 2.48. The topological polar surface area (TPSA) is 47.0 Å². The van der Waals surface area contributed by atoms with Gasteiger partial charge in [0, 0.05) is 29.8 Å². The van der Waals surface area contributed by atoms with Gasteiger partial charge in [-0.1, -0.05) is 18.5 Å². The van der Waals surface area contributed by atoms with Crippen molar-refractivity contribution in [3.05, 3.63) is 39.5 Å². The average molecular weight is 371 g/mol. The summed E-state index contributed by atoms with van der Waals surface area (Å²) >= 11 is 9.45. The van der Waals surface area contributed by atoms with Crippen LogP contribution in [0.1, 0.15) is 19.0 Å². The number of hydrogen-bond donors (Lipinski definition) is 1. The highest BCUT2D eigenvalue weighted by molar-refractivity contribution is 9.10. The number of ether oxygens (including phenoxy) is 1. The van der Waals surface area contributed by atoms with Gasteiger partial charge in [-0.25, -0.2) is 9.97 Å². The maximum absolute atomic E-state index is 6.03. The van der Waals surface area contributed by atoms with Crippen LogP contribution in [-0.2, 0) is 11.3 Å². The zero-order chi connectivity index (χ0) is 15.2. The molecule has 2 aromatic rings. The molecule has 0 unspecified atom stereocenters. The van der Waals surface area contributed by atoms with Gasteiger partial charge < -0.3 is 10.1 Å². The Morgan fingerprint density at radius 2 is 2.10 bits per heavy atom. The van der Waals surface area contributed by atoms with Crippen LogP contribution in [0.15, 0.2) is 28.7 Å². The fraction of sp³-hybridized carbons (Fsp3) is 0.333. The number of aromatic nitrogens is 2. The number of rotatable bonds is 6. The lowest BCUT2D eigenvalue weighted by molar-refractivity contribution is 0.181. The summed E-state index contributed by atoms with van der Waals surface area (Å²) in [6.07, 6.45) is 1.03. The summed E-state index contributed by atoms with van der Waals surface area (Å²) in [5, 5.41) is 3.95. The molecule has 1 aromatic carbocycles. The van der Waals surface area contributed by atoms with Crippen LogP contribution >= 0.6 is 27.5 Å². The standard InChI is InChI=1S/C15H17BrClN3O/c1-3-6-18-14-8-11(9-21-2)19-15(20-14)10-4-5-13(17)12(16)7-10/h4-5,7-8H,3,6,9H2,1-2H3,(H,18,19,20). The third kappa shape index (κ3) is 4.40. The number of hydrogen-bond acceptors (Lipinski definition) is 4. The third-order valence-electron chi connectivity index (χ3n) is 2.81. The zero-order valence-electron chi connectivity index (χ0n) is 12.0. The molecule has 0 amide bonds. The number of methoxy groups -OCH3 is 1. The van der Waals surface area contributed by atoms with Gasteiger partial charge in [-0.15, -0.1) is 0 Å². The summed E-state index contributed by atoms with van der Waals surface area (Å²) < 4.78 is 6.00. The van der Waals surface area contributed by atoms with Gasteiger partial charge in [0.05, 0.1) is 17.3 Å². The summed E-state index contributed by atoms with van der Waals surface area (Å²) in [6.45, 7) is 3.43. The van der Waals surface area contributed by atoms with Crippen LogP contribution in [0.25, 0.3) is 11.4 Å². The molecular weight excluding hydrogens is 354 g/mol. The predicted octanol–water partition coefficient (Wildman–Crippen LogP) is 4.53. The maximum atomic E-state index is 6.03. The summed E-state index contributed by atoms with van der Waals surface area (Å²) in [6, 6.07) is 7.56. The van der Waals surface area contributed by atoms with Crippen LogP contribution in [0, 0.1) is 0 Å². The molecule has 0 spiro atoms. The molecule has 0 atom stereocenters. The molecule has 0 fully saturated rings. The SMILES string of the molecule is CCCNc1cc(COC)nc(-c2ccc(Cl)c(Br)c2)n1. The van der Waals surface area contributed by atoms with Crippen LogP contribution < -0.4 is 5.32 Å². The molecule has 0 saturated heterocycles. The van der Waals surface area contributed by atoms with Crippen molar-refractivity contribution in [2.45, 2.75) is 20.0 Å². The van der Waals surface area contributed by atoms with E-state index in [0.29, 0.717) is 17.5 Å². The molecule has 0 aliphatic heterocycles. The Kier molecular flexibility index (Phi) is 5.96. The minimum atomic E-state index is 0.449. The van der Waals surface area contributed by atoms with Gasteiger partial charge in [0.25, 0.3) is 0 Å². The van der Waals surface area contributed by atoms with Crippen molar-refractivity contribution in [1.82, 2.24) is 9.97 Å². The second-order valence-corrected chi connectivity index (χ2v) is 5.82. The Morgan fingerprint density at radius 3 is 2.76 bits per heavy atom. The van der Waals surface area contributed by atoms with Crippen molar-refractivity contribution >= 4 is 33.3 Å². The first-order valence-electron chi connectivity index (χ1n) is 6.70. The molecule has 0 aliphatic carbocycles. The fourth-order valence-electron chi connectivity index (χ4n) is 1.83. The van der Waals surface area contributed by atoms with Crippen LogP contribution in [0.3, 0.4) is 0 Å². The molecule has 0 radical (unpaired) electrons. The summed E-state index contributed by atoms with van der Waals surface area (Å²) in [5.41, 5.74) is 1.75. The Bertz CT molecular complexity index is 622. The second kappa shape index (κ2) is 7.73. The van der Waals surface area contributed by atoms with Gasteiger partial charge >= 0.3 is 0 Å². The number of benzene rings is 1. The van der Waals surface area contributed by atoms with E-state index in [1.165, 1.54) is 0 Å². The normalized spacial score (nSPS) is 10.7. The lowest BCUT2D eigenvalue weighted by Crippen LogP contribution is -2.06.